The molecule has 21 heavy (non-hydrogen) atoms. The maximum atomic E-state index is 11.9. The van der Waals surface area contributed by atoms with Crippen LogP contribution in [0.4, 0.5) is 5.69 Å². The Hall–Kier alpha value is -1.47. The van der Waals surface area contributed by atoms with E-state index in [0.29, 0.717) is 26.2 Å². The van der Waals surface area contributed by atoms with Gasteiger partial charge in [-0.25, -0.2) is 8.42 Å². The van der Waals surface area contributed by atoms with E-state index in [1.165, 1.54) is 0 Å². The Balaban J connectivity index is 2.12. The summed E-state index contributed by atoms with van der Waals surface area (Å²) in [4.78, 5) is 2.14. The van der Waals surface area contributed by atoms with E-state index >= 15 is 0 Å². The smallest absolute Gasteiger partial charge is 0.213 e. The van der Waals surface area contributed by atoms with Crippen LogP contribution in [0.25, 0.3) is 0 Å². The summed E-state index contributed by atoms with van der Waals surface area (Å²) in [5.41, 5.74) is 0.965. The molecule has 0 saturated carbocycles. The quantitative estimate of drug-likeness (QED) is 0.817. The summed E-state index contributed by atoms with van der Waals surface area (Å²) in [6.07, 6.45) is 0. The van der Waals surface area contributed by atoms with Crippen molar-refractivity contribution in [2.75, 3.05) is 51.1 Å². The van der Waals surface area contributed by atoms with Crippen LogP contribution >= 0.6 is 0 Å². The standard InChI is InChI=1S/C14H22N2O4S/c1-4-21(17,18)16-9-7-15(8-10-16)13-6-5-12(19-2)11-14(13)20-3/h5-6,11H,4,7-10H2,1-3H3. The van der Waals surface area contributed by atoms with E-state index in [9.17, 15) is 8.42 Å². The molecule has 0 aliphatic carbocycles. The summed E-state index contributed by atoms with van der Waals surface area (Å²) < 4.78 is 35.9. The summed E-state index contributed by atoms with van der Waals surface area (Å²) in [6, 6.07) is 5.67. The van der Waals surface area contributed by atoms with E-state index in [1.807, 2.05) is 18.2 Å². The van der Waals surface area contributed by atoms with Crippen LogP contribution in [-0.4, -0.2) is 58.9 Å². The predicted octanol–water partition coefficient (Wildman–Crippen LogP) is 1.18. The third kappa shape index (κ3) is 3.41. The molecule has 1 fully saturated rings. The van der Waals surface area contributed by atoms with Crippen molar-refractivity contribution < 1.29 is 17.9 Å². The van der Waals surface area contributed by atoms with Crippen LogP contribution in [0.5, 0.6) is 11.5 Å². The fourth-order valence-corrected chi connectivity index (χ4v) is 3.52. The molecule has 118 valence electrons. The van der Waals surface area contributed by atoms with E-state index in [0.717, 1.165) is 17.2 Å². The summed E-state index contributed by atoms with van der Waals surface area (Å²) in [5, 5.41) is 0. The normalized spacial score (nSPS) is 16.8. The highest BCUT2D eigenvalue weighted by molar-refractivity contribution is 7.89. The van der Waals surface area contributed by atoms with Crippen molar-refractivity contribution in [1.82, 2.24) is 4.31 Å². The van der Waals surface area contributed by atoms with E-state index in [4.69, 9.17) is 9.47 Å². The second-order valence-electron chi connectivity index (χ2n) is 4.82. The summed E-state index contributed by atoms with van der Waals surface area (Å²) in [6.45, 7) is 3.99. The maximum Gasteiger partial charge on any atom is 0.213 e. The number of hydrogen-bond donors (Lipinski definition) is 0. The second-order valence-corrected chi connectivity index (χ2v) is 7.08. The van der Waals surface area contributed by atoms with Crippen molar-refractivity contribution in [2.45, 2.75) is 6.92 Å². The molecule has 6 nitrogen and oxygen atoms in total. The average molecular weight is 314 g/mol. The molecule has 0 bridgehead atoms. The largest absolute Gasteiger partial charge is 0.497 e. The Labute approximate surface area is 126 Å². The van der Waals surface area contributed by atoms with Gasteiger partial charge in [0.25, 0.3) is 0 Å². The maximum absolute atomic E-state index is 11.9. The molecule has 0 atom stereocenters. The fraction of sp³-hybridized carbons (Fsp3) is 0.571. The van der Waals surface area contributed by atoms with Gasteiger partial charge in [-0.15, -0.1) is 0 Å². The molecule has 0 amide bonds. The lowest BCUT2D eigenvalue weighted by molar-refractivity contribution is 0.376. The van der Waals surface area contributed by atoms with Gasteiger partial charge >= 0.3 is 0 Å². The van der Waals surface area contributed by atoms with E-state index < -0.39 is 10.0 Å². The van der Waals surface area contributed by atoms with Gasteiger partial charge in [0, 0.05) is 32.2 Å². The van der Waals surface area contributed by atoms with Crippen LogP contribution in [0.1, 0.15) is 6.92 Å². The number of hydrogen-bond acceptors (Lipinski definition) is 5. The van der Waals surface area contributed by atoms with Crippen LogP contribution in [0.3, 0.4) is 0 Å². The van der Waals surface area contributed by atoms with Crippen LogP contribution in [0, 0.1) is 0 Å². The highest BCUT2D eigenvalue weighted by atomic mass is 32.2. The molecule has 0 radical (unpaired) electrons. The molecule has 2 rings (SSSR count). The zero-order valence-electron chi connectivity index (χ0n) is 12.7. The van der Waals surface area contributed by atoms with Crippen LogP contribution in [0.15, 0.2) is 18.2 Å². The predicted molar refractivity (Wildman–Crippen MR) is 82.8 cm³/mol. The minimum absolute atomic E-state index is 0.152. The molecule has 1 aliphatic heterocycles. The minimum atomic E-state index is -3.10. The molecule has 7 heteroatoms. The number of piperazine rings is 1. The first kappa shape index (κ1) is 15.9. The first-order valence-electron chi connectivity index (χ1n) is 6.96. The highest BCUT2D eigenvalue weighted by Crippen LogP contribution is 2.32. The lowest BCUT2D eigenvalue weighted by atomic mass is 10.2. The van der Waals surface area contributed by atoms with E-state index in [1.54, 1.807) is 25.4 Å². The molecule has 0 spiro atoms. The average Bonchev–Trinajstić information content (AvgIpc) is 2.54. The Morgan fingerprint density at radius 1 is 1.10 bits per heavy atom. The monoisotopic (exact) mass is 314 g/mol. The Kier molecular flexibility index (Phi) is 4.95. The van der Waals surface area contributed by atoms with Crippen molar-refractivity contribution in [1.29, 1.82) is 0 Å². The highest BCUT2D eigenvalue weighted by Gasteiger charge is 2.26. The van der Waals surface area contributed by atoms with Crippen molar-refractivity contribution >= 4 is 15.7 Å². The lowest BCUT2D eigenvalue weighted by Crippen LogP contribution is -2.49. The summed E-state index contributed by atoms with van der Waals surface area (Å²) in [7, 11) is 0.137. The number of methoxy groups -OCH3 is 2. The molecule has 1 aromatic rings. The topological polar surface area (TPSA) is 59.1 Å². The molecule has 0 N–H and O–H groups in total. The van der Waals surface area contributed by atoms with Gasteiger partial charge in [-0.3, -0.25) is 0 Å². The number of benzene rings is 1. The number of sulfonamides is 1. The minimum Gasteiger partial charge on any atom is -0.497 e. The zero-order valence-corrected chi connectivity index (χ0v) is 13.5. The van der Waals surface area contributed by atoms with Crippen molar-refractivity contribution in [2.24, 2.45) is 0 Å². The molecule has 0 unspecified atom stereocenters. The third-order valence-electron chi connectivity index (χ3n) is 3.72. The van der Waals surface area contributed by atoms with E-state index in [-0.39, 0.29) is 5.75 Å². The Morgan fingerprint density at radius 2 is 1.76 bits per heavy atom. The SMILES string of the molecule is CCS(=O)(=O)N1CCN(c2ccc(OC)cc2OC)CC1. The van der Waals surface area contributed by atoms with Gasteiger partial charge in [-0.05, 0) is 19.1 Å². The first-order valence-corrected chi connectivity index (χ1v) is 8.57. The van der Waals surface area contributed by atoms with Gasteiger partial charge in [0.1, 0.15) is 11.5 Å². The molecular formula is C14H22N2O4S. The number of rotatable bonds is 5. The first-order chi connectivity index (χ1) is 10.0. The molecule has 1 aliphatic rings. The van der Waals surface area contributed by atoms with Crippen LogP contribution < -0.4 is 14.4 Å². The number of nitrogens with zero attached hydrogens (tertiary/aromatic N) is 2. The van der Waals surface area contributed by atoms with Gasteiger partial charge in [0.15, 0.2) is 0 Å². The van der Waals surface area contributed by atoms with Gasteiger partial charge in [-0.2, -0.15) is 4.31 Å². The Morgan fingerprint density at radius 3 is 2.29 bits per heavy atom. The van der Waals surface area contributed by atoms with Crippen LogP contribution in [0.2, 0.25) is 0 Å². The summed E-state index contributed by atoms with van der Waals surface area (Å²) >= 11 is 0. The van der Waals surface area contributed by atoms with Gasteiger partial charge in [0.05, 0.1) is 25.7 Å². The van der Waals surface area contributed by atoms with Crippen molar-refractivity contribution in [3.63, 3.8) is 0 Å². The van der Waals surface area contributed by atoms with Crippen LogP contribution in [-0.2, 0) is 10.0 Å². The zero-order chi connectivity index (χ0) is 15.5. The second kappa shape index (κ2) is 6.53. The number of ether oxygens (including phenoxy) is 2. The van der Waals surface area contributed by atoms with E-state index in [2.05, 4.69) is 4.90 Å². The third-order valence-corrected chi connectivity index (χ3v) is 5.61. The fourth-order valence-electron chi connectivity index (χ4n) is 2.44. The molecule has 0 aromatic heterocycles. The van der Waals surface area contributed by atoms with Crippen molar-refractivity contribution in [3.05, 3.63) is 18.2 Å². The summed E-state index contributed by atoms with van der Waals surface area (Å²) in [5.74, 6) is 1.63. The van der Waals surface area contributed by atoms with Crippen molar-refractivity contribution in [3.8, 4) is 11.5 Å². The van der Waals surface area contributed by atoms with Gasteiger partial charge in [-0.1, -0.05) is 0 Å². The van der Waals surface area contributed by atoms with Gasteiger partial charge < -0.3 is 14.4 Å². The molecule has 1 heterocycles. The number of anilines is 1. The van der Waals surface area contributed by atoms with Gasteiger partial charge in [0.2, 0.25) is 10.0 Å². The molecular weight excluding hydrogens is 292 g/mol. The Bertz CT molecular complexity index is 581. The lowest BCUT2D eigenvalue weighted by Gasteiger charge is -2.35. The molecule has 1 saturated heterocycles. The molecule has 1 aromatic carbocycles.